The van der Waals surface area contributed by atoms with Crippen LogP contribution < -0.4 is 11.5 Å². The summed E-state index contributed by atoms with van der Waals surface area (Å²) in [6.07, 6.45) is 0. The second kappa shape index (κ2) is 6.11. The number of carbonyl (C=O) groups is 2. The first-order valence-corrected chi connectivity index (χ1v) is 8.42. The number of ketones is 2. The Morgan fingerprint density at radius 1 is 0.750 bits per heavy atom. The zero-order valence-electron chi connectivity index (χ0n) is 14.6. The van der Waals surface area contributed by atoms with Gasteiger partial charge in [0, 0.05) is 11.3 Å². The van der Waals surface area contributed by atoms with E-state index in [1.165, 1.54) is 18.2 Å². The Hall–Kier alpha value is -3.84. The Kier molecular flexibility index (Phi) is 3.83. The number of fused-ring (bicyclic) bond motifs is 2. The molecule has 0 atom stereocenters. The van der Waals surface area contributed by atoms with Gasteiger partial charge in [0.2, 0.25) is 11.6 Å². The fraction of sp³-hybridized carbons (Fsp3) is 0.0476. The van der Waals surface area contributed by atoms with E-state index in [2.05, 4.69) is 0 Å². The van der Waals surface area contributed by atoms with Crippen molar-refractivity contribution in [2.45, 2.75) is 6.61 Å². The van der Waals surface area contributed by atoms with E-state index in [9.17, 15) is 24.9 Å². The molecule has 28 heavy (non-hydrogen) atoms. The summed E-state index contributed by atoms with van der Waals surface area (Å²) < 4.78 is 0. The van der Waals surface area contributed by atoms with Crippen molar-refractivity contribution in [3.05, 3.63) is 70.3 Å². The van der Waals surface area contributed by atoms with Gasteiger partial charge in [0.05, 0.1) is 34.5 Å². The predicted octanol–water partition coefficient (Wildman–Crippen LogP) is 2.20. The zero-order chi connectivity index (χ0) is 20.2. The molecule has 7 heteroatoms. The van der Waals surface area contributed by atoms with E-state index in [0.717, 1.165) is 0 Å². The van der Waals surface area contributed by atoms with Gasteiger partial charge < -0.3 is 26.8 Å². The number of aromatic hydroxyl groups is 2. The number of aliphatic hydroxyl groups is 1. The Labute approximate surface area is 159 Å². The molecule has 0 heterocycles. The molecule has 0 bridgehead atoms. The van der Waals surface area contributed by atoms with Gasteiger partial charge in [-0.25, -0.2) is 0 Å². The number of hydrogen-bond donors (Lipinski definition) is 5. The first-order chi connectivity index (χ1) is 13.4. The lowest BCUT2D eigenvalue weighted by Gasteiger charge is -2.24. The lowest BCUT2D eigenvalue weighted by Crippen LogP contribution is -2.24. The van der Waals surface area contributed by atoms with Crippen LogP contribution in [0.15, 0.2) is 42.5 Å². The number of anilines is 2. The van der Waals surface area contributed by atoms with Crippen molar-refractivity contribution in [2.75, 3.05) is 11.5 Å². The molecule has 0 aliphatic heterocycles. The molecule has 1 aliphatic carbocycles. The number of nitrogen functional groups attached to an aromatic ring is 2. The maximum atomic E-state index is 13.1. The fourth-order valence-corrected chi connectivity index (χ4v) is 3.63. The molecule has 0 amide bonds. The van der Waals surface area contributed by atoms with Crippen molar-refractivity contribution in [3.63, 3.8) is 0 Å². The molecule has 3 aromatic carbocycles. The minimum Gasteiger partial charge on any atom is -0.507 e. The summed E-state index contributed by atoms with van der Waals surface area (Å²) in [5, 5.41) is 30.3. The molecule has 0 spiro atoms. The van der Waals surface area contributed by atoms with Crippen molar-refractivity contribution >= 4 is 22.9 Å². The van der Waals surface area contributed by atoms with Gasteiger partial charge in [0.25, 0.3) is 0 Å². The van der Waals surface area contributed by atoms with E-state index >= 15 is 0 Å². The maximum Gasteiger partial charge on any atom is 0.200 e. The first-order valence-electron chi connectivity index (χ1n) is 8.42. The van der Waals surface area contributed by atoms with Crippen LogP contribution in [-0.2, 0) is 6.61 Å². The SMILES string of the molecule is Nc1ccc(O)c2c1C(=O)c1c(O)cc(-c3ccccc3CO)c(N)c1C2=O. The highest BCUT2D eigenvalue weighted by atomic mass is 16.3. The van der Waals surface area contributed by atoms with E-state index in [1.54, 1.807) is 24.3 Å². The van der Waals surface area contributed by atoms with Crippen molar-refractivity contribution in [2.24, 2.45) is 0 Å². The zero-order valence-corrected chi connectivity index (χ0v) is 14.6. The van der Waals surface area contributed by atoms with Crippen LogP contribution >= 0.6 is 0 Å². The number of rotatable bonds is 2. The van der Waals surface area contributed by atoms with E-state index in [0.29, 0.717) is 16.7 Å². The van der Waals surface area contributed by atoms with Crippen LogP contribution in [0.5, 0.6) is 11.5 Å². The lowest BCUT2D eigenvalue weighted by atomic mass is 9.79. The van der Waals surface area contributed by atoms with E-state index in [4.69, 9.17) is 11.5 Å². The van der Waals surface area contributed by atoms with Gasteiger partial charge in [-0.2, -0.15) is 0 Å². The summed E-state index contributed by atoms with van der Waals surface area (Å²) in [7, 11) is 0. The molecule has 140 valence electrons. The summed E-state index contributed by atoms with van der Waals surface area (Å²) in [6, 6.07) is 10.6. The van der Waals surface area contributed by atoms with Crippen LogP contribution in [0.25, 0.3) is 11.1 Å². The van der Waals surface area contributed by atoms with Gasteiger partial charge in [0.15, 0.2) is 0 Å². The number of aliphatic hydroxyl groups excluding tert-OH is 1. The Morgan fingerprint density at radius 3 is 2.11 bits per heavy atom. The van der Waals surface area contributed by atoms with E-state index in [1.807, 2.05) is 0 Å². The quantitative estimate of drug-likeness (QED) is 0.266. The van der Waals surface area contributed by atoms with Gasteiger partial charge in [0.1, 0.15) is 11.5 Å². The Balaban J connectivity index is 2.06. The monoisotopic (exact) mass is 376 g/mol. The molecule has 7 nitrogen and oxygen atoms in total. The normalized spacial score (nSPS) is 12.6. The molecule has 1 aliphatic rings. The summed E-state index contributed by atoms with van der Waals surface area (Å²) in [4.78, 5) is 26.1. The number of hydrogen-bond acceptors (Lipinski definition) is 7. The molecule has 0 saturated heterocycles. The third-order valence-electron chi connectivity index (χ3n) is 4.95. The second-order valence-corrected chi connectivity index (χ2v) is 6.50. The molecule has 0 saturated carbocycles. The first kappa shape index (κ1) is 17.6. The van der Waals surface area contributed by atoms with Crippen LogP contribution in [0.2, 0.25) is 0 Å². The third-order valence-corrected chi connectivity index (χ3v) is 4.95. The van der Waals surface area contributed by atoms with E-state index in [-0.39, 0.29) is 40.2 Å². The lowest BCUT2D eigenvalue weighted by molar-refractivity contribution is 0.0975. The maximum absolute atomic E-state index is 13.1. The highest BCUT2D eigenvalue weighted by Gasteiger charge is 2.38. The summed E-state index contributed by atoms with van der Waals surface area (Å²) in [5.41, 5.74) is 12.6. The molecule has 0 aromatic heterocycles. The summed E-state index contributed by atoms with van der Waals surface area (Å²) in [6.45, 7) is -0.277. The highest BCUT2D eigenvalue weighted by molar-refractivity contribution is 6.34. The molecule has 0 unspecified atom stereocenters. The van der Waals surface area contributed by atoms with E-state index < -0.39 is 23.1 Å². The predicted molar refractivity (Wildman–Crippen MR) is 103 cm³/mol. The molecular formula is C21H16N2O5. The van der Waals surface area contributed by atoms with Crippen LogP contribution in [0.4, 0.5) is 11.4 Å². The van der Waals surface area contributed by atoms with Crippen LogP contribution in [0.3, 0.4) is 0 Å². The molecule has 7 N–H and O–H groups in total. The average Bonchev–Trinajstić information content (AvgIpc) is 2.69. The number of phenols is 2. The summed E-state index contributed by atoms with van der Waals surface area (Å²) in [5.74, 6) is -2.22. The molecule has 4 rings (SSSR count). The number of carbonyl (C=O) groups excluding carboxylic acids is 2. The van der Waals surface area contributed by atoms with Crippen molar-refractivity contribution in [3.8, 4) is 22.6 Å². The number of phenolic OH excluding ortho intramolecular Hbond substituents is 2. The molecule has 3 aromatic rings. The third kappa shape index (κ3) is 2.27. The van der Waals surface area contributed by atoms with Gasteiger partial charge in [-0.1, -0.05) is 24.3 Å². The van der Waals surface area contributed by atoms with Crippen molar-refractivity contribution in [1.29, 1.82) is 0 Å². The largest absolute Gasteiger partial charge is 0.507 e. The highest BCUT2D eigenvalue weighted by Crippen LogP contribution is 2.45. The minimum atomic E-state index is -0.703. The molecule has 0 radical (unpaired) electrons. The van der Waals surface area contributed by atoms with Crippen LogP contribution in [-0.4, -0.2) is 26.9 Å². The second-order valence-electron chi connectivity index (χ2n) is 6.50. The Morgan fingerprint density at radius 2 is 1.39 bits per heavy atom. The van der Waals surface area contributed by atoms with Crippen molar-refractivity contribution in [1.82, 2.24) is 0 Å². The van der Waals surface area contributed by atoms with Gasteiger partial charge in [-0.05, 0) is 29.3 Å². The average molecular weight is 376 g/mol. The van der Waals surface area contributed by atoms with Crippen LogP contribution in [0.1, 0.15) is 37.4 Å². The molecule has 0 fully saturated rings. The summed E-state index contributed by atoms with van der Waals surface area (Å²) >= 11 is 0. The van der Waals surface area contributed by atoms with Gasteiger partial charge in [-0.3, -0.25) is 9.59 Å². The minimum absolute atomic E-state index is 0.0180. The van der Waals surface area contributed by atoms with Gasteiger partial charge in [-0.15, -0.1) is 0 Å². The fourth-order valence-electron chi connectivity index (χ4n) is 3.63. The number of benzene rings is 3. The smallest absolute Gasteiger partial charge is 0.200 e. The topological polar surface area (TPSA) is 147 Å². The van der Waals surface area contributed by atoms with Gasteiger partial charge >= 0.3 is 0 Å². The molecular weight excluding hydrogens is 360 g/mol. The standard InChI is InChI=1S/C21H16N2O5/c22-12-5-6-13(25)16-15(12)20(27)17-14(26)7-11(19(23)18(17)21(16)28)10-4-2-1-3-9(10)8-24/h1-7,24-26H,8,22-23H2. The Bertz CT molecular complexity index is 1180. The number of nitrogens with two attached hydrogens (primary N) is 2. The van der Waals surface area contributed by atoms with Crippen molar-refractivity contribution < 1.29 is 24.9 Å². The van der Waals surface area contributed by atoms with Crippen LogP contribution in [0, 0.1) is 0 Å².